The SMILES string of the molecule is N[C@@H](CC(F)(F)F)c1ccc(F)cc1Cl. The Morgan fingerprint density at radius 3 is 2.40 bits per heavy atom. The minimum atomic E-state index is -4.36. The molecule has 84 valence electrons. The Kier molecular flexibility index (Phi) is 3.57. The maximum atomic E-state index is 12.6. The van der Waals surface area contributed by atoms with Gasteiger partial charge in [-0.1, -0.05) is 17.7 Å². The number of nitrogens with two attached hydrogens (primary N) is 1. The van der Waals surface area contributed by atoms with E-state index in [9.17, 15) is 17.6 Å². The van der Waals surface area contributed by atoms with Gasteiger partial charge in [0.1, 0.15) is 5.82 Å². The lowest BCUT2D eigenvalue weighted by atomic mass is 10.0. The van der Waals surface area contributed by atoms with E-state index in [1.165, 1.54) is 0 Å². The second-order valence-corrected chi connectivity index (χ2v) is 3.50. The van der Waals surface area contributed by atoms with Crippen LogP contribution in [0, 0.1) is 5.82 Å². The van der Waals surface area contributed by atoms with Crippen LogP contribution in [0.2, 0.25) is 5.02 Å². The molecule has 15 heavy (non-hydrogen) atoms. The molecular weight excluding hydrogens is 234 g/mol. The van der Waals surface area contributed by atoms with Crippen LogP contribution >= 0.6 is 11.6 Å². The summed E-state index contributed by atoms with van der Waals surface area (Å²) in [5, 5.41) is -0.0910. The van der Waals surface area contributed by atoms with E-state index in [1.54, 1.807) is 0 Å². The number of rotatable bonds is 2. The molecule has 0 fully saturated rings. The Labute approximate surface area is 88.8 Å². The zero-order chi connectivity index (χ0) is 11.6. The fraction of sp³-hybridized carbons (Fsp3) is 0.333. The summed E-state index contributed by atoms with van der Waals surface area (Å²) >= 11 is 5.57. The molecular formula is C9H8ClF4N. The molecule has 0 aliphatic carbocycles. The van der Waals surface area contributed by atoms with E-state index in [0.29, 0.717) is 0 Å². The van der Waals surface area contributed by atoms with Gasteiger partial charge in [-0.15, -0.1) is 0 Å². The van der Waals surface area contributed by atoms with Gasteiger partial charge >= 0.3 is 6.18 Å². The first kappa shape index (κ1) is 12.3. The van der Waals surface area contributed by atoms with Crippen LogP contribution in [-0.4, -0.2) is 6.18 Å². The Balaban J connectivity index is 2.87. The van der Waals surface area contributed by atoms with Crippen LogP contribution in [0.5, 0.6) is 0 Å². The summed E-state index contributed by atoms with van der Waals surface area (Å²) < 4.78 is 48.6. The third-order valence-corrected chi connectivity index (χ3v) is 2.14. The molecule has 0 saturated carbocycles. The first-order valence-electron chi connectivity index (χ1n) is 4.07. The maximum absolute atomic E-state index is 12.6. The molecule has 2 N–H and O–H groups in total. The lowest BCUT2D eigenvalue weighted by Gasteiger charge is -2.15. The molecule has 0 saturated heterocycles. The number of alkyl halides is 3. The third-order valence-electron chi connectivity index (χ3n) is 1.81. The van der Waals surface area contributed by atoms with Gasteiger partial charge in [-0.05, 0) is 17.7 Å². The Morgan fingerprint density at radius 1 is 1.33 bits per heavy atom. The summed E-state index contributed by atoms with van der Waals surface area (Å²) in [7, 11) is 0. The predicted octanol–water partition coefficient (Wildman–Crippen LogP) is 3.43. The van der Waals surface area contributed by atoms with E-state index in [-0.39, 0.29) is 10.6 Å². The molecule has 0 unspecified atom stereocenters. The highest BCUT2D eigenvalue weighted by Gasteiger charge is 2.31. The van der Waals surface area contributed by atoms with Crippen LogP contribution in [-0.2, 0) is 0 Å². The predicted molar refractivity (Wildman–Crippen MR) is 49.0 cm³/mol. The van der Waals surface area contributed by atoms with E-state index in [2.05, 4.69) is 0 Å². The van der Waals surface area contributed by atoms with Crippen molar-refractivity contribution in [1.82, 2.24) is 0 Å². The van der Waals surface area contributed by atoms with Crippen LogP contribution in [0.25, 0.3) is 0 Å². The van der Waals surface area contributed by atoms with Crippen molar-refractivity contribution in [2.75, 3.05) is 0 Å². The highest BCUT2D eigenvalue weighted by Crippen LogP contribution is 2.31. The van der Waals surface area contributed by atoms with Gasteiger partial charge in [0, 0.05) is 11.1 Å². The molecule has 0 spiro atoms. The van der Waals surface area contributed by atoms with Gasteiger partial charge in [-0.2, -0.15) is 13.2 Å². The Hall–Kier alpha value is -0.810. The number of hydrogen-bond donors (Lipinski definition) is 1. The molecule has 0 radical (unpaired) electrons. The zero-order valence-electron chi connectivity index (χ0n) is 7.48. The number of halogens is 5. The van der Waals surface area contributed by atoms with Crippen molar-refractivity contribution in [1.29, 1.82) is 0 Å². The molecule has 6 heteroatoms. The third kappa shape index (κ3) is 3.68. The minimum absolute atomic E-state index is 0.0910. The molecule has 0 bridgehead atoms. The van der Waals surface area contributed by atoms with E-state index < -0.39 is 24.5 Å². The first-order valence-corrected chi connectivity index (χ1v) is 4.44. The Morgan fingerprint density at radius 2 is 1.93 bits per heavy atom. The standard InChI is InChI=1S/C9H8ClF4N/c10-7-3-5(11)1-2-6(7)8(15)4-9(12,13)14/h1-3,8H,4,15H2/t8-/m0/s1. The monoisotopic (exact) mass is 241 g/mol. The molecule has 1 aromatic rings. The lowest BCUT2D eigenvalue weighted by Crippen LogP contribution is -2.20. The summed E-state index contributed by atoms with van der Waals surface area (Å²) in [6.45, 7) is 0. The average Bonchev–Trinajstić information content (AvgIpc) is 1.99. The summed E-state index contributed by atoms with van der Waals surface area (Å²) in [4.78, 5) is 0. The van der Waals surface area contributed by atoms with E-state index >= 15 is 0 Å². The van der Waals surface area contributed by atoms with Crippen molar-refractivity contribution in [3.8, 4) is 0 Å². The Bertz CT molecular complexity index is 350. The highest BCUT2D eigenvalue weighted by molar-refractivity contribution is 6.31. The van der Waals surface area contributed by atoms with Crippen molar-refractivity contribution < 1.29 is 17.6 Å². The summed E-state index contributed by atoms with van der Waals surface area (Å²) in [5.41, 5.74) is 5.40. The van der Waals surface area contributed by atoms with Gasteiger partial charge in [-0.3, -0.25) is 0 Å². The number of benzene rings is 1. The average molecular weight is 242 g/mol. The maximum Gasteiger partial charge on any atom is 0.390 e. The van der Waals surface area contributed by atoms with Crippen molar-refractivity contribution in [2.24, 2.45) is 5.73 Å². The largest absolute Gasteiger partial charge is 0.390 e. The molecule has 1 rings (SSSR count). The van der Waals surface area contributed by atoms with Crippen LogP contribution in [0.1, 0.15) is 18.0 Å². The topological polar surface area (TPSA) is 26.0 Å². The normalized spacial score (nSPS) is 14.0. The van der Waals surface area contributed by atoms with Crippen molar-refractivity contribution in [3.05, 3.63) is 34.6 Å². The van der Waals surface area contributed by atoms with E-state index in [4.69, 9.17) is 17.3 Å². The van der Waals surface area contributed by atoms with Gasteiger partial charge < -0.3 is 5.73 Å². The molecule has 1 nitrogen and oxygen atoms in total. The molecule has 0 amide bonds. The van der Waals surface area contributed by atoms with Gasteiger partial charge in [0.15, 0.2) is 0 Å². The van der Waals surface area contributed by atoms with Gasteiger partial charge in [-0.25, -0.2) is 4.39 Å². The fourth-order valence-electron chi connectivity index (χ4n) is 1.16. The fourth-order valence-corrected chi connectivity index (χ4v) is 1.47. The second kappa shape index (κ2) is 4.37. The van der Waals surface area contributed by atoms with E-state index in [0.717, 1.165) is 18.2 Å². The molecule has 1 atom stereocenters. The second-order valence-electron chi connectivity index (χ2n) is 3.09. The molecule has 1 aromatic carbocycles. The lowest BCUT2D eigenvalue weighted by molar-refractivity contribution is -0.138. The smallest absolute Gasteiger partial charge is 0.324 e. The summed E-state index contributed by atoms with van der Waals surface area (Å²) in [6, 6.07) is 1.86. The zero-order valence-corrected chi connectivity index (χ0v) is 8.24. The van der Waals surface area contributed by atoms with Crippen molar-refractivity contribution in [3.63, 3.8) is 0 Å². The van der Waals surface area contributed by atoms with Gasteiger partial charge in [0.2, 0.25) is 0 Å². The van der Waals surface area contributed by atoms with Crippen LogP contribution in [0.4, 0.5) is 17.6 Å². The molecule has 0 aliphatic heterocycles. The van der Waals surface area contributed by atoms with Crippen molar-refractivity contribution >= 4 is 11.6 Å². The highest BCUT2D eigenvalue weighted by atomic mass is 35.5. The van der Waals surface area contributed by atoms with Crippen LogP contribution in [0.3, 0.4) is 0 Å². The van der Waals surface area contributed by atoms with Crippen LogP contribution in [0.15, 0.2) is 18.2 Å². The van der Waals surface area contributed by atoms with Crippen molar-refractivity contribution in [2.45, 2.75) is 18.6 Å². The van der Waals surface area contributed by atoms with Gasteiger partial charge in [0.05, 0.1) is 6.42 Å². The first-order chi connectivity index (χ1) is 6.79. The summed E-state index contributed by atoms with van der Waals surface area (Å²) in [6.07, 6.45) is -5.55. The van der Waals surface area contributed by atoms with Gasteiger partial charge in [0.25, 0.3) is 0 Å². The molecule has 0 heterocycles. The minimum Gasteiger partial charge on any atom is -0.324 e. The quantitative estimate of drug-likeness (QED) is 0.789. The summed E-state index contributed by atoms with van der Waals surface area (Å²) in [5.74, 6) is -0.608. The van der Waals surface area contributed by atoms with Crippen LogP contribution < -0.4 is 5.73 Å². The molecule has 0 aliphatic rings. The number of hydrogen-bond acceptors (Lipinski definition) is 1. The van der Waals surface area contributed by atoms with E-state index in [1.807, 2.05) is 0 Å². The molecule has 0 aromatic heterocycles.